The van der Waals surface area contributed by atoms with Gasteiger partial charge in [-0.2, -0.15) is 0 Å². The maximum Gasteiger partial charge on any atom is 0.203 e. The number of thiophene rings is 1. The molecule has 1 aromatic carbocycles. The number of hydrogen-bond donors (Lipinski definition) is 0. The number of halogens is 1. The zero-order valence-corrected chi connectivity index (χ0v) is 10.7. The summed E-state index contributed by atoms with van der Waals surface area (Å²) in [6.45, 7) is 3.88. The number of aryl methyl sites for hydroxylation is 2. The van der Waals surface area contributed by atoms with Gasteiger partial charge in [-0.3, -0.25) is 4.79 Å². The van der Waals surface area contributed by atoms with Crippen molar-refractivity contribution in [2.24, 2.45) is 0 Å². The second kappa shape index (κ2) is 4.40. The second-order valence-electron chi connectivity index (χ2n) is 3.77. The van der Waals surface area contributed by atoms with E-state index in [-0.39, 0.29) is 5.78 Å². The summed E-state index contributed by atoms with van der Waals surface area (Å²) >= 11 is 7.30. The minimum absolute atomic E-state index is 0.0451. The molecule has 0 aliphatic rings. The number of ketones is 1. The average molecular weight is 251 g/mol. The van der Waals surface area contributed by atoms with Crippen molar-refractivity contribution >= 4 is 28.7 Å². The van der Waals surface area contributed by atoms with E-state index in [9.17, 15) is 4.79 Å². The predicted octanol–water partition coefficient (Wildman–Crippen LogP) is 4.25. The van der Waals surface area contributed by atoms with Crippen molar-refractivity contribution in [2.45, 2.75) is 13.8 Å². The molecule has 16 heavy (non-hydrogen) atoms. The Bertz CT molecular complexity index is 523. The van der Waals surface area contributed by atoms with E-state index in [4.69, 9.17) is 11.6 Å². The Morgan fingerprint density at radius 2 is 2.00 bits per heavy atom. The van der Waals surface area contributed by atoms with Crippen LogP contribution in [0.4, 0.5) is 0 Å². The highest BCUT2D eigenvalue weighted by Crippen LogP contribution is 2.28. The lowest BCUT2D eigenvalue weighted by Crippen LogP contribution is -1.98. The van der Waals surface area contributed by atoms with Gasteiger partial charge >= 0.3 is 0 Å². The van der Waals surface area contributed by atoms with Crippen molar-refractivity contribution in [3.63, 3.8) is 0 Å². The molecule has 0 fully saturated rings. The van der Waals surface area contributed by atoms with Gasteiger partial charge in [-0.25, -0.2) is 0 Å². The van der Waals surface area contributed by atoms with Crippen LogP contribution in [0.2, 0.25) is 4.34 Å². The molecule has 0 spiro atoms. The Hall–Kier alpha value is -1.12. The molecule has 0 saturated heterocycles. The number of carbonyl (C=O) groups is 1. The highest BCUT2D eigenvalue weighted by molar-refractivity contribution is 7.18. The van der Waals surface area contributed by atoms with E-state index in [0.717, 1.165) is 16.7 Å². The van der Waals surface area contributed by atoms with E-state index in [2.05, 4.69) is 0 Å². The van der Waals surface area contributed by atoms with Crippen LogP contribution in [0.3, 0.4) is 0 Å². The van der Waals surface area contributed by atoms with Crippen LogP contribution in [0.15, 0.2) is 30.3 Å². The van der Waals surface area contributed by atoms with Crippen LogP contribution in [0, 0.1) is 13.8 Å². The predicted molar refractivity (Wildman–Crippen MR) is 68.7 cm³/mol. The van der Waals surface area contributed by atoms with Gasteiger partial charge in [0.05, 0.1) is 9.21 Å². The Morgan fingerprint density at radius 1 is 1.25 bits per heavy atom. The van der Waals surface area contributed by atoms with Crippen molar-refractivity contribution in [1.82, 2.24) is 0 Å². The SMILES string of the molecule is Cc1cccc(C(=O)c2cc(C)c(Cl)s2)c1. The molecule has 1 aromatic heterocycles. The molecular weight excluding hydrogens is 240 g/mol. The third-order valence-electron chi connectivity index (χ3n) is 2.36. The summed E-state index contributed by atoms with van der Waals surface area (Å²) in [5.41, 5.74) is 2.77. The van der Waals surface area contributed by atoms with Gasteiger partial charge in [-0.05, 0) is 31.5 Å². The van der Waals surface area contributed by atoms with Gasteiger partial charge in [-0.15, -0.1) is 11.3 Å². The van der Waals surface area contributed by atoms with Crippen LogP contribution in [-0.4, -0.2) is 5.78 Å². The van der Waals surface area contributed by atoms with Crippen molar-refractivity contribution < 1.29 is 4.79 Å². The maximum absolute atomic E-state index is 12.1. The topological polar surface area (TPSA) is 17.1 Å². The normalized spacial score (nSPS) is 10.4. The zero-order chi connectivity index (χ0) is 11.7. The van der Waals surface area contributed by atoms with Gasteiger partial charge in [0.2, 0.25) is 5.78 Å². The third kappa shape index (κ3) is 2.18. The van der Waals surface area contributed by atoms with Crippen molar-refractivity contribution in [2.75, 3.05) is 0 Å². The van der Waals surface area contributed by atoms with Crippen molar-refractivity contribution in [3.05, 3.63) is 56.2 Å². The molecule has 1 heterocycles. The first kappa shape index (κ1) is 11.4. The van der Waals surface area contributed by atoms with Crippen LogP contribution in [-0.2, 0) is 0 Å². The molecule has 3 heteroatoms. The molecule has 0 aliphatic carbocycles. The Morgan fingerprint density at radius 3 is 2.56 bits per heavy atom. The first-order valence-corrected chi connectivity index (χ1v) is 6.14. The van der Waals surface area contributed by atoms with Crippen molar-refractivity contribution in [1.29, 1.82) is 0 Å². The van der Waals surface area contributed by atoms with Gasteiger partial charge in [0.1, 0.15) is 0 Å². The summed E-state index contributed by atoms with van der Waals surface area (Å²) < 4.78 is 0.691. The zero-order valence-electron chi connectivity index (χ0n) is 9.08. The molecule has 1 nitrogen and oxygen atoms in total. The molecule has 82 valence electrons. The minimum Gasteiger partial charge on any atom is -0.288 e. The van der Waals surface area contributed by atoms with E-state index in [1.807, 2.05) is 44.2 Å². The lowest BCUT2D eigenvalue weighted by Gasteiger charge is -1.98. The van der Waals surface area contributed by atoms with E-state index < -0.39 is 0 Å². The van der Waals surface area contributed by atoms with Crippen LogP contribution in [0.5, 0.6) is 0 Å². The minimum atomic E-state index is 0.0451. The lowest BCUT2D eigenvalue weighted by molar-refractivity contribution is 0.104. The standard InChI is InChI=1S/C13H11ClOS/c1-8-4-3-5-10(6-8)12(15)11-7-9(2)13(14)16-11/h3-7H,1-2H3. The molecule has 0 N–H and O–H groups in total. The molecule has 2 rings (SSSR count). The Kier molecular flexibility index (Phi) is 3.13. The van der Waals surface area contributed by atoms with Crippen LogP contribution in [0.25, 0.3) is 0 Å². The molecule has 2 aromatic rings. The fraction of sp³-hybridized carbons (Fsp3) is 0.154. The fourth-order valence-electron chi connectivity index (χ4n) is 1.50. The van der Waals surface area contributed by atoms with E-state index >= 15 is 0 Å². The number of rotatable bonds is 2. The van der Waals surface area contributed by atoms with Crippen LogP contribution >= 0.6 is 22.9 Å². The van der Waals surface area contributed by atoms with Gasteiger partial charge in [0.25, 0.3) is 0 Å². The molecule has 0 amide bonds. The fourth-order valence-corrected chi connectivity index (χ4v) is 2.66. The summed E-state index contributed by atoms with van der Waals surface area (Å²) in [7, 11) is 0. The summed E-state index contributed by atoms with van der Waals surface area (Å²) in [6, 6.07) is 9.44. The van der Waals surface area contributed by atoms with Gasteiger partial charge in [0, 0.05) is 5.56 Å². The van der Waals surface area contributed by atoms with Gasteiger partial charge in [0.15, 0.2) is 0 Å². The van der Waals surface area contributed by atoms with Crippen LogP contribution in [0.1, 0.15) is 26.4 Å². The third-order valence-corrected chi connectivity index (χ3v) is 3.92. The van der Waals surface area contributed by atoms with Gasteiger partial charge < -0.3 is 0 Å². The number of benzene rings is 1. The Labute approximate surface area is 104 Å². The van der Waals surface area contributed by atoms with E-state index in [1.165, 1.54) is 11.3 Å². The van der Waals surface area contributed by atoms with E-state index in [0.29, 0.717) is 9.21 Å². The number of carbonyl (C=O) groups excluding carboxylic acids is 1. The molecule has 0 saturated carbocycles. The first-order chi connectivity index (χ1) is 7.58. The molecule has 0 atom stereocenters. The molecule has 0 aliphatic heterocycles. The molecule has 0 bridgehead atoms. The van der Waals surface area contributed by atoms with Crippen LogP contribution < -0.4 is 0 Å². The first-order valence-electron chi connectivity index (χ1n) is 4.95. The summed E-state index contributed by atoms with van der Waals surface area (Å²) in [5, 5.41) is 0. The largest absolute Gasteiger partial charge is 0.288 e. The lowest BCUT2D eigenvalue weighted by atomic mass is 10.1. The van der Waals surface area contributed by atoms with Crippen molar-refractivity contribution in [3.8, 4) is 0 Å². The monoisotopic (exact) mass is 250 g/mol. The van der Waals surface area contributed by atoms with Gasteiger partial charge in [-0.1, -0.05) is 35.4 Å². The average Bonchev–Trinajstić information content (AvgIpc) is 2.58. The number of hydrogen-bond acceptors (Lipinski definition) is 2. The summed E-state index contributed by atoms with van der Waals surface area (Å²) in [4.78, 5) is 12.8. The summed E-state index contributed by atoms with van der Waals surface area (Å²) in [5.74, 6) is 0.0451. The molecule has 0 unspecified atom stereocenters. The highest BCUT2D eigenvalue weighted by atomic mass is 35.5. The molecule has 0 radical (unpaired) electrons. The summed E-state index contributed by atoms with van der Waals surface area (Å²) in [6.07, 6.45) is 0. The molecular formula is C13H11ClOS. The smallest absolute Gasteiger partial charge is 0.203 e. The van der Waals surface area contributed by atoms with E-state index in [1.54, 1.807) is 0 Å². The second-order valence-corrected chi connectivity index (χ2v) is 5.42. The maximum atomic E-state index is 12.1. The Balaban J connectivity index is 2.39. The quantitative estimate of drug-likeness (QED) is 0.729. The highest BCUT2D eigenvalue weighted by Gasteiger charge is 2.13.